The Morgan fingerprint density at radius 1 is 1.19 bits per heavy atom. The summed E-state index contributed by atoms with van der Waals surface area (Å²) in [6, 6.07) is 6.16. The van der Waals surface area contributed by atoms with Crippen LogP contribution in [0.5, 0.6) is 0 Å². The Kier molecular flexibility index (Phi) is 6.55. The van der Waals surface area contributed by atoms with Gasteiger partial charge < -0.3 is 0 Å². The van der Waals surface area contributed by atoms with E-state index in [9.17, 15) is 13.2 Å². The SMILES string of the molecule is CCCCN(C(C)CC)S(=O)(=O)c1ccc(C(C)=O)cc1. The van der Waals surface area contributed by atoms with Crippen molar-refractivity contribution in [1.29, 1.82) is 0 Å². The lowest BCUT2D eigenvalue weighted by molar-refractivity contribution is 0.101. The number of hydrogen-bond acceptors (Lipinski definition) is 3. The number of carbonyl (C=O) groups is 1. The number of unbranched alkanes of at least 4 members (excludes halogenated alkanes) is 1. The quantitative estimate of drug-likeness (QED) is 0.691. The van der Waals surface area contributed by atoms with Gasteiger partial charge in [0.15, 0.2) is 5.78 Å². The Morgan fingerprint density at radius 3 is 2.19 bits per heavy atom. The highest BCUT2D eigenvalue weighted by atomic mass is 32.2. The zero-order valence-corrected chi connectivity index (χ0v) is 14.1. The number of ketones is 1. The number of Topliss-reactive ketones (excluding diaryl/α,β-unsaturated/α-hetero) is 1. The Morgan fingerprint density at radius 2 is 1.76 bits per heavy atom. The first-order valence-corrected chi connectivity index (χ1v) is 8.91. The van der Waals surface area contributed by atoms with Gasteiger partial charge in [0.1, 0.15) is 0 Å². The van der Waals surface area contributed by atoms with E-state index in [4.69, 9.17) is 0 Å². The van der Waals surface area contributed by atoms with Crippen molar-refractivity contribution in [2.75, 3.05) is 6.54 Å². The summed E-state index contributed by atoms with van der Waals surface area (Å²) < 4.78 is 27.1. The van der Waals surface area contributed by atoms with Crippen molar-refractivity contribution in [3.8, 4) is 0 Å². The van der Waals surface area contributed by atoms with Crippen LogP contribution in [0.2, 0.25) is 0 Å². The van der Waals surface area contributed by atoms with E-state index in [-0.39, 0.29) is 16.7 Å². The molecule has 1 rings (SSSR count). The fraction of sp³-hybridized carbons (Fsp3) is 0.562. The van der Waals surface area contributed by atoms with E-state index in [1.807, 2.05) is 20.8 Å². The molecule has 0 heterocycles. The first-order chi connectivity index (χ1) is 9.84. The van der Waals surface area contributed by atoms with Crippen LogP contribution in [-0.2, 0) is 10.0 Å². The number of hydrogen-bond donors (Lipinski definition) is 0. The molecular formula is C16H25NO3S. The molecule has 0 N–H and O–H groups in total. The first-order valence-electron chi connectivity index (χ1n) is 7.47. The lowest BCUT2D eigenvalue weighted by atomic mass is 10.2. The Labute approximate surface area is 128 Å². The predicted molar refractivity (Wildman–Crippen MR) is 85.0 cm³/mol. The Balaban J connectivity index is 3.12. The second-order valence-corrected chi connectivity index (χ2v) is 7.20. The molecule has 0 aliphatic carbocycles. The number of rotatable bonds is 8. The van der Waals surface area contributed by atoms with Gasteiger partial charge in [0.25, 0.3) is 0 Å². The minimum atomic E-state index is -3.51. The van der Waals surface area contributed by atoms with Gasteiger partial charge in [0.2, 0.25) is 10.0 Å². The predicted octanol–water partition coefficient (Wildman–Crippen LogP) is 3.48. The summed E-state index contributed by atoms with van der Waals surface area (Å²) in [6.07, 6.45) is 2.56. The van der Waals surface area contributed by atoms with Crippen molar-refractivity contribution in [3.05, 3.63) is 29.8 Å². The standard InChI is InChI=1S/C16H25NO3S/c1-5-7-12-17(13(3)6-2)21(19,20)16-10-8-15(9-11-16)14(4)18/h8-11,13H,5-7,12H2,1-4H3. The van der Waals surface area contributed by atoms with Crippen molar-refractivity contribution in [2.45, 2.75) is 57.9 Å². The third-order valence-electron chi connectivity index (χ3n) is 3.68. The highest BCUT2D eigenvalue weighted by Gasteiger charge is 2.27. The summed E-state index contributed by atoms with van der Waals surface area (Å²) in [4.78, 5) is 11.5. The number of sulfonamides is 1. The van der Waals surface area contributed by atoms with Crippen molar-refractivity contribution >= 4 is 15.8 Å². The number of carbonyl (C=O) groups excluding carboxylic acids is 1. The van der Waals surface area contributed by atoms with Crippen LogP contribution in [0.25, 0.3) is 0 Å². The molecule has 0 amide bonds. The van der Waals surface area contributed by atoms with E-state index < -0.39 is 10.0 Å². The first kappa shape index (κ1) is 17.9. The van der Waals surface area contributed by atoms with Crippen LogP contribution in [0, 0.1) is 0 Å². The maximum Gasteiger partial charge on any atom is 0.243 e. The number of nitrogens with zero attached hydrogens (tertiary/aromatic N) is 1. The van der Waals surface area contributed by atoms with Crippen LogP contribution in [-0.4, -0.2) is 31.1 Å². The lowest BCUT2D eigenvalue weighted by Crippen LogP contribution is -2.39. The van der Waals surface area contributed by atoms with Gasteiger partial charge in [-0.05, 0) is 38.8 Å². The normalized spacial score (nSPS) is 13.4. The van der Waals surface area contributed by atoms with E-state index in [1.54, 1.807) is 16.4 Å². The zero-order chi connectivity index (χ0) is 16.0. The maximum absolute atomic E-state index is 12.8. The van der Waals surface area contributed by atoms with Gasteiger partial charge in [-0.3, -0.25) is 4.79 Å². The Bertz CT molecular complexity index is 564. The third kappa shape index (κ3) is 4.38. The summed E-state index contributed by atoms with van der Waals surface area (Å²) in [7, 11) is -3.51. The lowest BCUT2D eigenvalue weighted by Gasteiger charge is -2.27. The Hall–Kier alpha value is -1.20. The summed E-state index contributed by atoms with van der Waals surface area (Å²) in [6.45, 7) is 7.96. The van der Waals surface area contributed by atoms with E-state index in [0.717, 1.165) is 19.3 Å². The topological polar surface area (TPSA) is 54.5 Å². The fourth-order valence-corrected chi connectivity index (χ4v) is 3.84. The van der Waals surface area contributed by atoms with E-state index in [0.29, 0.717) is 12.1 Å². The molecule has 0 bridgehead atoms. The molecule has 1 aromatic carbocycles. The van der Waals surface area contributed by atoms with E-state index in [2.05, 4.69) is 0 Å². The summed E-state index contributed by atoms with van der Waals surface area (Å²) in [5.41, 5.74) is 0.526. The van der Waals surface area contributed by atoms with Crippen molar-refractivity contribution in [1.82, 2.24) is 4.31 Å². The van der Waals surface area contributed by atoms with Gasteiger partial charge >= 0.3 is 0 Å². The second kappa shape index (κ2) is 7.71. The molecule has 0 radical (unpaired) electrons. The van der Waals surface area contributed by atoms with Gasteiger partial charge in [-0.15, -0.1) is 0 Å². The van der Waals surface area contributed by atoms with Crippen molar-refractivity contribution < 1.29 is 13.2 Å². The summed E-state index contributed by atoms with van der Waals surface area (Å²) in [5, 5.41) is 0. The van der Waals surface area contributed by atoms with Crippen molar-refractivity contribution in [2.24, 2.45) is 0 Å². The van der Waals surface area contributed by atoms with Gasteiger partial charge in [0.05, 0.1) is 4.90 Å². The molecule has 1 unspecified atom stereocenters. The molecule has 0 aliphatic rings. The van der Waals surface area contributed by atoms with Crippen LogP contribution in [0.15, 0.2) is 29.2 Å². The van der Waals surface area contributed by atoms with Gasteiger partial charge in [-0.1, -0.05) is 32.4 Å². The molecule has 4 nitrogen and oxygen atoms in total. The van der Waals surface area contributed by atoms with Gasteiger partial charge in [0, 0.05) is 18.2 Å². The number of benzene rings is 1. The molecule has 118 valence electrons. The van der Waals surface area contributed by atoms with Crippen molar-refractivity contribution in [3.63, 3.8) is 0 Å². The molecular weight excluding hydrogens is 286 g/mol. The minimum Gasteiger partial charge on any atom is -0.295 e. The molecule has 0 fully saturated rings. The molecule has 5 heteroatoms. The van der Waals surface area contributed by atoms with Crippen LogP contribution >= 0.6 is 0 Å². The average Bonchev–Trinajstić information content (AvgIpc) is 2.47. The molecule has 0 aliphatic heterocycles. The molecule has 0 saturated carbocycles. The average molecular weight is 311 g/mol. The molecule has 21 heavy (non-hydrogen) atoms. The van der Waals surface area contributed by atoms with Crippen LogP contribution < -0.4 is 0 Å². The van der Waals surface area contributed by atoms with Gasteiger partial charge in [-0.2, -0.15) is 4.31 Å². The fourth-order valence-electron chi connectivity index (χ4n) is 2.09. The smallest absolute Gasteiger partial charge is 0.243 e. The van der Waals surface area contributed by atoms with E-state index in [1.165, 1.54) is 19.1 Å². The summed E-state index contributed by atoms with van der Waals surface area (Å²) in [5.74, 6) is -0.0660. The maximum atomic E-state index is 12.8. The second-order valence-electron chi connectivity index (χ2n) is 5.31. The largest absolute Gasteiger partial charge is 0.295 e. The molecule has 0 spiro atoms. The molecule has 0 saturated heterocycles. The third-order valence-corrected chi connectivity index (χ3v) is 5.71. The van der Waals surface area contributed by atoms with Crippen LogP contribution in [0.1, 0.15) is 57.3 Å². The highest BCUT2D eigenvalue weighted by molar-refractivity contribution is 7.89. The molecule has 1 atom stereocenters. The highest BCUT2D eigenvalue weighted by Crippen LogP contribution is 2.21. The van der Waals surface area contributed by atoms with Crippen LogP contribution in [0.4, 0.5) is 0 Å². The molecule has 1 aromatic rings. The monoisotopic (exact) mass is 311 g/mol. The summed E-state index contributed by atoms with van der Waals surface area (Å²) >= 11 is 0. The zero-order valence-electron chi connectivity index (χ0n) is 13.3. The van der Waals surface area contributed by atoms with Crippen LogP contribution in [0.3, 0.4) is 0 Å². The van der Waals surface area contributed by atoms with E-state index >= 15 is 0 Å². The minimum absolute atomic E-state index is 0.0333. The molecule has 0 aromatic heterocycles. The van der Waals surface area contributed by atoms with Gasteiger partial charge in [-0.25, -0.2) is 8.42 Å².